The van der Waals surface area contributed by atoms with Gasteiger partial charge < -0.3 is 15.1 Å². The van der Waals surface area contributed by atoms with Crippen LogP contribution in [0.15, 0.2) is 77.8 Å². The zero-order valence-electron chi connectivity index (χ0n) is 24.4. The fourth-order valence-corrected chi connectivity index (χ4v) is 5.66. The number of aliphatic imine (C=N–C) groups is 1. The van der Waals surface area contributed by atoms with Gasteiger partial charge in [0.2, 0.25) is 21.8 Å². The molecule has 4 rings (SSSR count). The number of nitro benzene ring substituents is 1. The second-order valence-electron chi connectivity index (χ2n) is 10.4. The Bertz CT molecular complexity index is 1640. The highest BCUT2D eigenvalue weighted by atomic mass is 32.2. The highest BCUT2D eigenvalue weighted by Gasteiger charge is 2.36. The molecule has 1 N–H and O–H groups in total. The van der Waals surface area contributed by atoms with Gasteiger partial charge in [-0.1, -0.05) is 30.3 Å². The summed E-state index contributed by atoms with van der Waals surface area (Å²) in [4.78, 5) is 45.2. The van der Waals surface area contributed by atoms with Crippen molar-refractivity contribution in [2.75, 3.05) is 56.2 Å². The van der Waals surface area contributed by atoms with Crippen molar-refractivity contribution in [2.24, 2.45) is 4.99 Å². The predicted octanol–water partition coefficient (Wildman–Crippen LogP) is 3.63. The van der Waals surface area contributed by atoms with Gasteiger partial charge in [-0.15, -0.1) is 0 Å². The van der Waals surface area contributed by atoms with Gasteiger partial charge in [-0.3, -0.25) is 29.0 Å². The Hall–Kier alpha value is -4.62. The molecule has 0 bridgehead atoms. The molecule has 1 atom stereocenters. The maximum absolute atomic E-state index is 13.2. The number of likely N-dealkylation sites (N-methyl/N-ethyl adjacent to an activating group) is 2. The number of nitrogens with zero attached hydrogens (tertiary/aromatic N) is 5. The first-order valence-corrected chi connectivity index (χ1v) is 15.2. The van der Waals surface area contributed by atoms with Crippen molar-refractivity contribution in [1.29, 1.82) is 0 Å². The summed E-state index contributed by atoms with van der Waals surface area (Å²) in [6.45, 7) is 2.25. The van der Waals surface area contributed by atoms with Crippen molar-refractivity contribution in [2.45, 2.75) is 12.8 Å². The van der Waals surface area contributed by atoms with Crippen molar-refractivity contribution in [3.63, 3.8) is 0 Å². The van der Waals surface area contributed by atoms with Crippen molar-refractivity contribution in [1.82, 2.24) is 9.80 Å². The summed E-state index contributed by atoms with van der Waals surface area (Å²) in [6.07, 6.45) is 0. The highest BCUT2D eigenvalue weighted by molar-refractivity contribution is 7.92. The van der Waals surface area contributed by atoms with Crippen LogP contribution in [0.2, 0.25) is 0 Å². The topological polar surface area (TPSA) is 146 Å². The number of non-ortho nitro benzene ring substituents is 1. The molecule has 1 aliphatic heterocycles. The van der Waals surface area contributed by atoms with E-state index in [1.807, 2.05) is 25.1 Å². The zero-order chi connectivity index (χ0) is 31.3. The molecule has 3 aromatic carbocycles. The third-order valence-electron chi connectivity index (χ3n) is 7.10. The maximum Gasteiger partial charge on any atom is 0.269 e. The Balaban J connectivity index is 1.71. The van der Waals surface area contributed by atoms with E-state index in [9.17, 15) is 28.1 Å². The van der Waals surface area contributed by atoms with Crippen LogP contribution >= 0.6 is 0 Å². The number of nitro groups is 1. The zero-order valence-corrected chi connectivity index (χ0v) is 25.2. The Morgan fingerprint density at radius 3 is 2.28 bits per heavy atom. The van der Waals surface area contributed by atoms with Gasteiger partial charge in [0.05, 0.1) is 27.8 Å². The standard InChI is InChI=1S/C30H34N6O6S/c1-5-43(41,42)35(20-27(37)34(4)18-17-33(2)3)23-13-11-22(12-14-23)31-29(21-9-7-6-8-10-21)28-25-19-24(36(39)40)15-16-26(25)32-30(28)38/h6-16,19,28H,5,17-18,20H2,1-4H3,(H,32,38). The largest absolute Gasteiger partial charge is 0.343 e. The second-order valence-corrected chi connectivity index (χ2v) is 12.5. The van der Waals surface area contributed by atoms with Crippen molar-refractivity contribution in [3.05, 3.63) is 94.0 Å². The summed E-state index contributed by atoms with van der Waals surface area (Å²) in [7, 11) is 1.63. The van der Waals surface area contributed by atoms with E-state index in [0.29, 0.717) is 47.0 Å². The number of carbonyl (C=O) groups excluding carboxylic acids is 2. The average Bonchev–Trinajstić information content (AvgIpc) is 3.32. The number of hydrogen-bond acceptors (Lipinski definition) is 8. The van der Waals surface area contributed by atoms with Crippen LogP contribution < -0.4 is 9.62 Å². The fraction of sp³-hybridized carbons (Fsp3) is 0.300. The summed E-state index contributed by atoms with van der Waals surface area (Å²) >= 11 is 0. The lowest BCUT2D eigenvalue weighted by Crippen LogP contribution is -2.43. The van der Waals surface area contributed by atoms with Crippen molar-refractivity contribution in [3.8, 4) is 0 Å². The number of benzene rings is 3. The maximum atomic E-state index is 13.2. The number of amides is 2. The van der Waals surface area contributed by atoms with Crippen molar-refractivity contribution >= 4 is 50.3 Å². The summed E-state index contributed by atoms with van der Waals surface area (Å²) in [5, 5.41) is 14.2. The number of rotatable bonds is 12. The molecule has 1 aliphatic rings. The van der Waals surface area contributed by atoms with E-state index in [0.717, 1.165) is 4.31 Å². The van der Waals surface area contributed by atoms with Gasteiger partial charge >= 0.3 is 0 Å². The van der Waals surface area contributed by atoms with Crippen LogP contribution in [-0.4, -0.2) is 87.2 Å². The Morgan fingerprint density at radius 2 is 1.67 bits per heavy atom. The van der Waals surface area contributed by atoms with Crippen LogP contribution in [0, 0.1) is 10.1 Å². The first-order chi connectivity index (χ1) is 20.4. The lowest BCUT2D eigenvalue weighted by molar-refractivity contribution is -0.384. The van der Waals surface area contributed by atoms with E-state index in [-0.39, 0.29) is 29.8 Å². The number of carbonyl (C=O) groups is 2. The van der Waals surface area contributed by atoms with E-state index < -0.39 is 20.9 Å². The monoisotopic (exact) mass is 606 g/mol. The Morgan fingerprint density at radius 1 is 1.00 bits per heavy atom. The molecule has 0 aromatic heterocycles. The van der Waals surface area contributed by atoms with Gasteiger partial charge in [-0.25, -0.2) is 8.42 Å². The Labute approximate surface area is 250 Å². The summed E-state index contributed by atoms with van der Waals surface area (Å²) in [5.74, 6) is -1.81. The number of hydrogen-bond donors (Lipinski definition) is 1. The molecule has 2 amide bonds. The summed E-state index contributed by atoms with van der Waals surface area (Å²) < 4.78 is 27.1. The first kappa shape index (κ1) is 31.3. The van der Waals surface area contributed by atoms with Crippen LogP contribution in [0.25, 0.3) is 0 Å². The number of nitrogens with one attached hydrogen (secondary N) is 1. The third kappa shape index (κ3) is 7.24. The van der Waals surface area contributed by atoms with Crippen LogP contribution in [0.3, 0.4) is 0 Å². The lowest BCUT2D eigenvalue weighted by atomic mass is 9.90. The minimum Gasteiger partial charge on any atom is -0.343 e. The smallest absolute Gasteiger partial charge is 0.269 e. The van der Waals surface area contributed by atoms with E-state index in [1.165, 1.54) is 30.0 Å². The summed E-state index contributed by atoms with van der Waals surface area (Å²) in [5.41, 5.74) is 2.52. The van der Waals surface area contributed by atoms with Gasteiger partial charge in [0, 0.05) is 43.5 Å². The van der Waals surface area contributed by atoms with E-state index in [2.05, 4.69) is 5.32 Å². The molecule has 0 spiro atoms. The van der Waals surface area contributed by atoms with E-state index in [1.54, 1.807) is 55.6 Å². The molecule has 0 fully saturated rings. The van der Waals surface area contributed by atoms with Crippen LogP contribution in [-0.2, 0) is 19.6 Å². The average molecular weight is 607 g/mol. The lowest BCUT2D eigenvalue weighted by Gasteiger charge is -2.27. The number of anilines is 2. The Kier molecular flexibility index (Phi) is 9.56. The summed E-state index contributed by atoms with van der Waals surface area (Å²) in [6, 6.07) is 19.6. The minimum absolute atomic E-state index is 0.142. The molecule has 226 valence electrons. The number of fused-ring (bicyclic) bond motifs is 1. The second kappa shape index (κ2) is 13.1. The van der Waals surface area contributed by atoms with Gasteiger partial charge in [0.1, 0.15) is 12.5 Å². The fourth-order valence-electron chi connectivity index (χ4n) is 4.60. The molecule has 13 heteroatoms. The molecule has 43 heavy (non-hydrogen) atoms. The molecule has 0 radical (unpaired) electrons. The predicted molar refractivity (Wildman–Crippen MR) is 167 cm³/mol. The third-order valence-corrected chi connectivity index (χ3v) is 8.84. The molecule has 1 heterocycles. The molecule has 3 aromatic rings. The quantitative estimate of drug-likeness (QED) is 0.188. The van der Waals surface area contributed by atoms with Gasteiger partial charge in [0.15, 0.2) is 0 Å². The van der Waals surface area contributed by atoms with Crippen molar-refractivity contribution < 1.29 is 22.9 Å². The molecule has 12 nitrogen and oxygen atoms in total. The molecule has 0 aliphatic carbocycles. The first-order valence-electron chi connectivity index (χ1n) is 13.6. The molecule has 1 unspecified atom stereocenters. The normalized spacial score (nSPS) is 14.8. The van der Waals surface area contributed by atoms with E-state index in [4.69, 9.17) is 4.99 Å². The molecular formula is C30H34N6O6S. The minimum atomic E-state index is -3.79. The molecule has 0 saturated carbocycles. The highest BCUT2D eigenvalue weighted by Crippen LogP contribution is 2.38. The van der Waals surface area contributed by atoms with E-state index >= 15 is 0 Å². The molecule has 0 saturated heterocycles. The SMILES string of the molecule is CCS(=O)(=O)N(CC(=O)N(C)CCN(C)C)c1ccc(N=C(c2ccccc2)C2C(=O)Nc3ccc([N+](=O)[O-])cc32)cc1. The van der Waals surface area contributed by atoms with Gasteiger partial charge in [0.25, 0.3) is 5.69 Å². The van der Waals surface area contributed by atoms with Gasteiger partial charge in [-0.2, -0.15) is 0 Å². The number of sulfonamides is 1. The van der Waals surface area contributed by atoms with Crippen LogP contribution in [0.4, 0.5) is 22.7 Å². The molecular weight excluding hydrogens is 572 g/mol. The van der Waals surface area contributed by atoms with Crippen LogP contribution in [0.5, 0.6) is 0 Å². The van der Waals surface area contributed by atoms with Crippen LogP contribution in [0.1, 0.15) is 24.0 Å². The van der Waals surface area contributed by atoms with Gasteiger partial charge in [-0.05, 0) is 56.9 Å².